The highest BCUT2D eigenvalue weighted by atomic mass is 16.5. The standard InChI is InChI=1S/C24H27NO4/c1-5-8-19(26)20-18(14-24(2,3)21(22(20)27)23(28)29-4)25-17-12-11-15-9-6-7-10-16(15)13-17/h6-7,9-13,21,27H,5,8,14H2,1-4H3/t21-/m0/s1. The maximum absolute atomic E-state index is 12.8. The Kier molecular flexibility index (Phi) is 5.87. The quantitative estimate of drug-likeness (QED) is 0.698. The fourth-order valence-corrected chi connectivity index (χ4v) is 3.99. The second kappa shape index (κ2) is 8.19. The molecule has 0 aliphatic heterocycles. The van der Waals surface area contributed by atoms with E-state index in [1.165, 1.54) is 7.11 Å². The lowest BCUT2D eigenvalue weighted by Gasteiger charge is -2.37. The molecule has 0 radical (unpaired) electrons. The molecular weight excluding hydrogens is 366 g/mol. The van der Waals surface area contributed by atoms with Gasteiger partial charge in [-0.05, 0) is 41.2 Å². The number of ether oxygens (including phenoxy) is 1. The first kappa shape index (κ1) is 20.8. The average molecular weight is 393 g/mol. The monoisotopic (exact) mass is 393 g/mol. The van der Waals surface area contributed by atoms with Gasteiger partial charge in [-0.25, -0.2) is 0 Å². The summed E-state index contributed by atoms with van der Waals surface area (Å²) in [5.74, 6) is -1.86. The molecule has 0 bridgehead atoms. The van der Waals surface area contributed by atoms with E-state index in [0.29, 0.717) is 24.2 Å². The zero-order valence-corrected chi connectivity index (χ0v) is 17.4. The van der Waals surface area contributed by atoms with Crippen LogP contribution in [0.2, 0.25) is 0 Å². The smallest absolute Gasteiger partial charge is 0.316 e. The van der Waals surface area contributed by atoms with Crippen molar-refractivity contribution in [2.75, 3.05) is 7.11 Å². The predicted octanol–water partition coefficient (Wildman–Crippen LogP) is 5.31. The Labute approximate surface area is 171 Å². The van der Waals surface area contributed by atoms with Gasteiger partial charge in [-0.3, -0.25) is 14.6 Å². The summed E-state index contributed by atoms with van der Waals surface area (Å²) >= 11 is 0. The van der Waals surface area contributed by atoms with Crippen LogP contribution in [-0.4, -0.2) is 29.7 Å². The van der Waals surface area contributed by atoms with Gasteiger partial charge in [0.05, 0.1) is 24.1 Å². The number of nitrogens with zero attached hydrogens (tertiary/aromatic N) is 1. The molecule has 0 spiro atoms. The van der Waals surface area contributed by atoms with Gasteiger partial charge in [0.1, 0.15) is 11.7 Å². The molecule has 1 atom stereocenters. The molecule has 0 aromatic heterocycles. The second-order valence-corrected chi connectivity index (χ2v) is 8.14. The Morgan fingerprint density at radius 2 is 1.86 bits per heavy atom. The van der Waals surface area contributed by atoms with Gasteiger partial charge in [0.25, 0.3) is 0 Å². The number of rotatable bonds is 5. The van der Waals surface area contributed by atoms with Crippen molar-refractivity contribution < 1.29 is 19.4 Å². The van der Waals surface area contributed by atoms with Gasteiger partial charge >= 0.3 is 5.97 Å². The molecule has 3 rings (SSSR count). The molecule has 1 aliphatic rings. The average Bonchev–Trinajstić information content (AvgIpc) is 2.67. The van der Waals surface area contributed by atoms with Crippen LogP contribution in [0.3, 0.4) is 0 Å². The molecule has 5 nitrogen and oxygen atoms in total. The maximum Gasteiger partial charge on any atom is 0.316 e. The lowest BCUT2D eigenvalue weighted by atomic mass is 9.67. The van der Waals surface area contributed by atoms with Crippen LogP contribution in [0.25, 0.3) is 10.8 Å². The van der Waals surface area contributed by atoms with Crippen molar-refractivity contribution >= 4 is 33.9 Å². The van der Waals surface area contributed by atoms with Crippen molar-refractivity contribution in [3.8, 4) is 0 Å². The number of methoxy groups -OCH3 is 1. The topological polar surface area (TPSA) is 76.0 Å². The Morgan fingerprint density at radius 3 is 2.52 bits per heavy atom. The molecule has 0 unspecified atom stereocenters. The summed E-state index contributed by atoms with van der Waals surface area (Å²) in [4.78, 5) is 29.9. The predicted molar refractivity (Wildman–Crippen MR) is 115 cm³/mol. The van der Waals surface area contributed by atoms with Crippen LogP contribution in [0.15, 0.2) is 58.8 Å². The van der Waals surface area contributed by atoms with Crippen molar-refractivity contribution in [1.82, 2.24) is 0 Å². The highest BCUT2D eigenvalue weighted by Crippen LogP contribution is 2.43. The molecule has 29 heavy (non-hydrogen) atoms. The number of Topliss-reactive ketones (excluding diaryl/α,β-unsaturated/α-hetero) is 1. The molecule has 5 heteroatoms. The molecule has 152 valence electrons. The zero-order chi connectivity index (χ0) is 21.2. The first-order chi connectivity index (χ1) is 13.8. The number of benzene rings is 2. The summed E-state index contributed by atoms with van der Waals surface area (Å²) in [7, 11) is 1.29. The number of esters is 1. The van der Waals surface area contributed by atoms with Crippen LogP contribution in [0.1, 0.15) is 40.0 Å². The number of fused-ring (bicyclic) bond motifs is 1. The molecule has 2 aromatic carbocycles. The highest BCUT2D eigenvalue weighted by molar-refractivity contribution is 6.24. The van der Waals surface area contributed by atoms with E-state index < -0.39 is 17.3 Å². The van der Waals surface area contributed by atoms with Crippen LogP contribution in [0.4, 0.5) is 5.69 Å². The van der Waals surface area contributed by atoms with Crippen LogP contribution in [0, 0.1) is 11.3 Å². The lowest BCUT2D eigenvalue weighted by molar-refractivity contribution is -0.149. The van der Waals surface area contributed by atoms with Crippen molar-refractivity contribution in [2.45, 2.75) is 40.0 Å². The third kappa shape index (κ3) is 4.09. The highest BCUT2D eigenvalue weighted by Gasteiger charge is 2.47. The van der Waals surface area contributed by atoms with E-state index in [2.05, 4.69) is 0 Å². The van der Waals surface area contributed by atoms with Crippen molar-refractivity contribution in [2.24, 2.45) is 16.3 Å². The van der Waals surface area contributed by atoms with Gasteiger partial charge in [0.15, 0.2) is 5.78 Å². The molecule has 1 N–H and O–H groups in total. The summed E-state index contributed by atoms with van der Waals surface area (Å²) in [6, 6.07) is 13.8. The van der Waals surface area contributed by atoms with Gasteiger partial charge < -0.3 is 9.84 Å². The normalized spacial score (nSPS) is 20.1. The first-order valence-electron chi connectivity index (χ1n) is 9.89. The summed E-state index contributed by atoms with van der Waals surface area (Å²) < 4.78 is 4.90. The third-order valence-corrected chi connectivity index (χ3v) is 5.41. The van der Waals surface area contributed by atoms with Gasteiger partial charge in [-0.2, -0.15) is 0 Å². The summed E-state index contributed by atoms with van der Waals surface area (Å²) in [6.45, 7) is 5.66. The molecule has 0 heterocycles. The number of hydrogen-bond donors (Lipinski definition) is 1. The first-order valence-corrected chi connectivity index (χ1v) is 9.89. The zero-order valence-electron chi connectivity index (χ0n) is 17.4. The van der Waals surface area contributed by atoms with Crippen molar-refractivity contribution in [3.05, 3.63) is 53.8 Å². The summed E-state index contributed by atoms with van der Waals surface area (Å²) in [5, 5.41) is 13.1. The number of carbonyl (C=O) groups excluding carboxylic acids is 2. The van der Waals surface area contributed by atoms with E-state index in [9.17, 15) is 14.7 Å². The Bertz CT molecular complexity index is 1020. The SMILES string of the molecule is CCCC(=O)C1=C(O)[C@@H](C(=O)OC)C(C)(C)CC1=Nc1ccc2ccccc2c1. The number of allylic oxidation sites excluding steroid dienone is 1. The third-order valence-electron chi connectivity index (χ3n) is 5.41. The number of carbonyl (C=O) groups is 2. The molecule has 1 aliphatic carbocycles. The summed E-state index contributed by atoms with van der Waals surface area (Å²) in [6.07, 6.45) is 1.31. The van der Waals surface area contributed by atoms with E-state index >= 15 is 0 Å². The van der Waals surface area contributed by atoms with E-state index in [0.717, 1.165) is 10.8 Å². The Balaban J connectivity index is 2.16. The van der Waals surface area contributed by atoms with Gasteiger partial charge in [-0.15, -0.1) is 0 Å². The van der Waals surface area contributed by atoms with Gasteiger partial charge in [0.2, 0.25) is 0 Å². The molecule has 0 fully saturated rings. The van der Waals surface area contributed by atoms with Crippen molar-refractivity contribution in [1.29, 1.82) is 0 Å². The Morgan fingerprint density at radius 1 is 1.17 bits per heavy atom. The molecule has 2 aromatic rings. The number of aliphatic imine (C=N–C) groups is 1. The summed E-state index contributed by atoms with van der Waals surface area (Å²) in [5.41, 5.74) is 0.750. The number of aliphatic hydroxyl groups is 1. The van der Waals surface area contributed by atoms with Crippen LogP contribution in [-0.2, 0) is 14.3 Å². The van der Waals surface area contributed by atoms with Crippen LogP contribution < -0.4 is 0 Å². The Hall–Kier alpha value is -2.95. The van der Waals surface area contributed by atoms with E-state index in [-0.39, 0.29) is 23.5 Å². The van der Waals surface area contributed by atoms with E-state index in [4.69, 9.17) is 9.73 Å². The fourth-order valence-electron chi connectivity index (χ4n) is 3.99. The maximum atomic E-state index is 12.8. The van der Waals surface area contributed by atoms with E-state index in [1.807, 2.05) is 63.2 Å². The van der Waals surface area contributed by atoms with Crippen LogP contribution in [0.5, 0.6) is 0 Å². The minimum absolute atomic E-state index is 0.162. The van der Waals surface area contributed by atoms with Gasteiger partial charge in [0, 0.05) is 6.42 Å². The number of aliphatic hydroxyl groups excluding tert-OH is 1. The van der Waals surface area contributed by atoms with E-state index in [1.54, 1.807) is 0 Å². The molecule has 0 amide bonds. The fraction of sp³-hybridized carbons (Fsp3) is 0.375. The largest absolute Gasteiger partial charge is 0.511 e. The number of ketones is 1. The minimum atomic E-state index is -0.890. The van der Waals surface area contributed by atoms with Gasteiger partial charge in [-0.1, -0.05) is 51.1 Å². The molecule has 0 saturated heterocycles. The molecule has 0 saturated carbocycles. The minimum Gasteiger partial charge on any atom is -0.511 e. The number of hydrogen-bond acceptors (Lipinski definition) is 5. The van der Waals surface area contributed by atoms with Crippen LogP contribution >= 0.6 is 0 Å². The second-order valence-electron chi connectivity index (χ2n) is 8.14. The lowest BCUT2D eigenvalue weighted by Crippen LogP contribution is -2.41. The molecular formula is C24H27NO4. The van der Waals surface area contributed by atoms with Crippen molar-refractivity contribution in [3.63, 3.8) is 0 Å².